The summed E-state index contributed by atoms with van der Waals surface area (Å²) >= 11 is 2.13. The van der Waals surface area contributed by atoms with E-state index < -0.39 is 0 Å². The summed E-state index contributed by atoms with van der Waals surface area (Å²) in [5.41, 5.74) is 1.09. The lowest BCUT2D eigenvalue weighted by atomic mass is 10.0. The molecule has 3 nitrogen and oxygen atoms in total. The van der Waals surface area contributed by atoms with E-state index in [2.05, 4.69) is 39.5 Å². The normalized spacial score (nSPS) is 16.9. The maximum atomic E-state index is 11.8. The zero-order valence-corrected chi connectivity index (χ0v) is 11.7. The van der Waals surface area contributed by atoms with Gasteiger partial charge < -0.3 is 4.98 Å². The Morgan fingerprint density at radius 1 is 1.44 bits per heavy atom. The van der Waals surface area contributed by atoms with E-state index in [-0.39, 0.29) is 5.56 Å². The maximum absolute atomic E-state index is 11.8. The van der Waals surface area contributed by atoms with Crippen molar-refractivity contribution in [3.63, 3.8) is 0 Å². The van der Waals surface area contributed by atoms with Gasteiger partial charge in [0, 0.05) is 12.3 Å². The molecular weight excluding hydrogens is 315 g/mol. The molecule has 1 saturated carbocycles. The van der Waals surface area contributed by atoms with Gasteiger partial charge in [-0.15, -0.1) is 0 Å². The molecule has 0 unspecified atom stereocenters. The summed E-state index contributed by atoms with van der Waals surface area (Å²) in [7, 11) is 0. The van der Waals surface area contributed by atoms with Gasteiger partial charge in [-0.2, -0.15) is 0 Å². The summed E-state index contributed by atoms with van der Waals surface area (Å²) < 4.78 is 0.796. The van der Waals surface area contributed by atoms with E-state index in [0.717, 1.165) is 27.9 Å². The highest BCUT2D eigenvalue weighted by Crippen LogP contribution is 2.34. The van der Waals surface area contributed by atoms with Crippen molar-refractivity contribution < 1.29 is 0 Å². The molecule has 1 aromatic heterocycles. The van der Waals surface area contributed by atoms with E-state index in [4.69, 9.17) is 0 Å². The van der Waals surface area contributed by atoms with E-state index in [1.54, 1.807) is 0 Å². The van der Waals surface area contributed by atoms with Crippen LogP contribution in [0.15, 0.2) is 4.79 Å². The molecule has 1 heterocycles. The predicted octanol–water partition coefficient (Wildman–Crippen LogP) is 2.98. The third-order valence-corrected chi connectivity index (χ3v) is 4.21. The highest BCUT2D eigenvalue weighted by atomic mass is 127. The lowest BCUT2D eigenvalue weighted by Gasteiger charge is -2.11. The number of hydrogen-bond acceptors (Lipinski definition) is 2. The van der Waals surface area contributed by atoms with Crippen LogP contribution in [0.5, 0.6) is 0 Å². The van der Waals surface area contributed by atoms with Crippen molar-refractivity contribution in [2.24, 2.45) is 0 Å². The van der Waals surface area contributed by atoms with Gasteiger partial charge >= 0.3 is 0 Å². The molecule has 0 amide bonds. The van der Waals surface area contributed by atoms with Crippen molar-refractivity contribution in [1.82, 2.24) is 9.97 Å². The Hall–Kier alpha value is -0.390. The van der Waals surface area contributed by atoms with Crippen LogP contribution in [0.25, 0.3) is 0 Å². The Morgan fingerprint density at radius 3 is 2.75 bits per heavy atom. The summed E-state index contributed by atoms with van der Waals surface area (Å²) in [6.07, 6.45) is 6.83. The van der Waals surface area contributed by atoms with Crippen LogP contribution in [-0.4, -0.2) is 9.97 Å². The number of nitrogens with zero attached hydrogens (tertiary/aromatic N) is 1. The molecule has 0 bridgehead atoms. The van der Waals surface area contributed by atoms with Crippen molar-refractivity contribution in [3.05, 3.63) is 25.4 Å². The third kappa shape index (κ3) is 2.47. The van der Waals surface area contributed by atoms with Crippen molar-refractivity contribution in [2.75, 3.05) is 0 Å². The fourth-order valence-corrected chi connectivity index (χ4v) is 3.05. The number of aryl methyl sites for hydroxylation is 1. The molecule has 0 aliphatic heterocycles. The second kappa shape index (κ2) is 5.29. The van der Waals surface area contributed by atoms with E-state index >= 15 is 0 Å². The number of hydrogen-bond donors (Lipinski definition) is 1. The van der Waals surface area contributed by atoms with Crippen LogP contribution in [0.2, 0.25) is 0 Å². The Bertz CT molecular complexity index is 422. The number of H-pyrrole nitrogens is 1. The molecule has 2 rings (SSSR count). The number of rotatable bonds is 3. The molecule has 4 heteroatoms. The second-order valence-corrected chi connectivity index (χ2v) is 5.52. The largest absolute Gasteiger partial charge is 0.310 e. The lowest BCUT2D eigenvalue weighted by molar-refractivity contribution is 0.670. The lowest BCUT2D eigenvalue weighted by Crippen LogP contribution is -2.19. The standard InChI is InChI=1S/C12H17IN2O/c1-2-5-9-14-11(8-6-3-4-7-8)10(13)12(16)15-9/h8H,2-7H2,1H3,(H,14,15,16). The van der Waals surface area contributed by atoms with Gasteiger partial charge in [0.05, 0.1) is 9.26 Å². The Balaban J connectivity index is 2.37. The van der Waals surface area contributed by atoms with Crippen molar-refractivity contribution in [3.8, 4) is 0 Å². The number of aromatic amines is 1. The van der Waals surface area contributed by atoms with E-state index in [9.17, 15) is 4.79 Å². The number of aromatic nitrogens is 2. The van der Waals surface area contributed by atoms with Crippen LogP contribution in [0.3, 0.4) is 0 Å². The van der Waals surface area contributed by atoms with Gasteiger partial charge in [-0.3, -0.25) is 4.79 Å². The van der Waals surface area contributed by atoms with Crippen LogP contribution >= 0.6 is 22.6 Å². The summed E-state index contributed by atoms with van der Waals surface area (Å²) in [4.78, 5) is 19.3. The van der Waals surface area contributed by atoms with Crippen LogP contribution < -0.4 is 5.56 Å². The van der Waals surface area contributed by atoms with Crippen molar-refractivity contribution in [1.29, 1.82) is 0 Å². The second-order valence-electron chi connectivity index (χ2n) is 4.44. The highest BCUT2D eigenvalue weighted by Gasteiger charge is 2.22. The first-order valence-electron chi connectivity index (χ1n) is 6.01. The SMILES string of the molecule is CCCc1nc(C2CCCC2)c(I)c(=O)[nH]1. The molecule has 0 atom stereocenters. The molecule has 1 N–H and O–H groups in total. The molecule has 0 aromatic carbocycles. The molecule has 1 aliphatic rings. The monoisotopic (exact) mass is 332 g/mol. The first-order valence-corrected chi connectivity index (χ1v) is 7.08. The minimum absolute atomic E-state index is 0.0425. The molecule has 1 fully saturated rings. The first kappa shape index (κ1) is 12.1. The third-order valence-electron chi connectivity index (χ3n) is 3.17. The average Bonchev–Trinajstić information content (AvgIpc) is 2.76. The summed E-state index contributed by atoms with van der Waals surface area (Å²) in [5, 5.41) is 0. The Labute approximate surface area is 109 Å². The van der Waals surface area contributed by atoms with Gasteiger partial charge in [-0.05, 0) is 41.9 Å². The van der Waals surface area contributed by atoms with Crippen LogP contribution in [-0.2, 0) is 6.42 Å². The molecule has 0 spiro atoms. The van der Waals surface area contributed by atoms with Gasteiger partial charge in [0.2, 0.25) is 0 Å². The smallest absolute Gasteiger partial charge is 0.264 e. The fraction of sp³-hybridized carbons (Fsp3) is 0.667. The highest BCUT2D eigenvalue weighted by molar-refractivity contribution is 14.1. The summed E-state index contributed by atoms with van der Waals surface area (Å²) in [5.74, 6) is 1.37. The van der Waals surface area contributed by atoms with Gasteiger partial charge in [0.25, 0.3) is 5.56 Å². The first-order chi connectivity index (χ1) is 7.72. The zero-order chi connectivity index (χ0) is 11.5. The average molecular weight is 332 g/mol. The minimum Gasteiger partial charge on any atom is -0.310 e. The predicted molar refractivity (Wildman–Crippen MR) is 72.8 cm³/mol. The summed E-state index contributed by atoms with van der Waals surface area (Å²) in [6.45, 7) is 2.10. The molecule has 0 radical (unpaired) electrons. The molecule has 16 heavy (non-hydrogen) atoms. The van der Waals surface area contributed by atoms with E-state index in [1.807, 2.05) is 0 Å². The fourth-order valence-electron chi connectivity index (χ4n) is 2.35. The zero-order valence-electron chi connectivity index (χ0n) is 9.55. The van der Waals surface area contributed by atoms with Gasteiger partial charge in [0.1, 0.15) is 5.82 Å². The van der Waals surface area contributed by atoms with Crippen molar-refractivity contribution >= 4 is 22.6 Å². The maximum Gasteiger partial charge on any atom is 0.264 e. The molecule has 1 aromatic rings. The quantitative estimate of drug-likeness (QED) is 0.865. The van der Waals surface area contributed by atoms with Gasteiger partial charge in [0.15, 0.2) is 0 Å². The van der Waals surface area contributed by atoms with Gasteiger partial charge in [-0.25, -0.2) is 4.98 Å². The Morgan fingerprint density at radius 2 is 2.12 bits per heavy atom. The topological polar surface area (TPSA) is 45.8 Å². The van der Waals surface area contributed by atoms with Crippen LogP contribution in [0.4, 0.5) is 0 Å². The number of nitrogens with one attached hydrogen (secondary N) is 1. The van der Waals surface area contributed by atoms with Crippen molar-refractivity contribution in [2.45, 2.75) is 51.4 Å². The molecule has 88 valence electrons. The van der Waals surface area contributed by atoms with E-state index in [1.165, 1.54) is 25.7 Å². The molecule has 1 aliphatic carbocycles. The van der Waals surface area contributed by atoms with Crippen LogP contribution in [0, 0.1) is 3.57 Å². The molecular formula is C12H17IN2O. The van der Waals surface area contributed by atoms with E-state index in [0.29, 0.717) is 5.92 Å². The Kier molecular flexibility index (Phi) is 4.00. The summed E-state index contributed by atoms with van der Waals surface area (Å²) in [6, 6.07) is 0. The van der Waals surface area contributed by atoms with Crippen LogP contribution in [0.1, 0.15) is 56.5 Å². The van der Waals surface area contributed by atoms with Gasteiger partial charge in [-0.1, -0.05) is 19.8 Å². The number of halogens is 1. The minimum atomic E-state index is 0.0425. The molecule has 0 saturated heterocycles.